The van der Waals surface area contributed by atoms with Gasteiger partial charge in [-0.15, -0.1) is 0 Å². The van der Waals surface area contributed by atoms with Gasteiger partial charge in [-0.05, 0) is 67.9 Å². The van der Waals surface area contributed by atoms with Crippen molar-refractivity contribution in [3.05, 3.63) is 104 Å². The van der Waals surface area contributed by atoms with Crippen LogP contribution in [0.5, 0.6) is 0 Å². The molecule has 3 aromatic carbocycles. The molecule has 0 spiro atoms. The Morgan fingerprint density at radius 3 is 2.21 bits per heavy atom. The van der Waals surface area contributed by atoms with Crippen molar-refractivity contribution in [2.24, 2.45) is 5.92 Å². The third-order valence-corrected chi connectivity index (χ3v) is 10.9. The minimum absolute atomic E-state index is 0.204. The lowest BCUT2D eigenvalue weighted by Gasteiger charge is -2.31. The largest absolute Gasteiger partial charge is 0.418 e. The fourth-order valence-electron chi connectivity index (χ4n) is 6.11. The van der Waals surface area contributed by atoms with Crippen molar-refractivity contribution in [3.63, 3.8) is 0 Å². The minimum Gasteiger partial charge on any atom is -0.372 e. The monoisotopic (exact) mass is 684 g/mol. The third kappa shape index (κ3) is 5.95. The smallest absolute Gasteiger partial charge is 0.372 e. The summed E-state index contributed by atoms with van der Waals surface area (Å²) in [5, 5.41) is 1.58. The zero-order valence-electron chi connectivity index (χ0n) is 25.1. The Bertz CT molecular complexity index is 1900. The zero-order valence-corrected chi connectivity index (χ0v) is 26.7. The maximum absolute atomic E-state index is 14.0. The fourth-order valence-corrected chi connectivity index (χ4v) is 8.89. The molecule has 1 fully saturated rings. The maximum Gasteiger partial charge on any atom is 0.418 e. The average molecular weight is 685 g/mol. The predicted molar refractivity (Wildman–Crippen MR) is 173 cm³/mol. The molecule has 47 heavy (non-hydrogen) atoms. The zero-order chi connectivity index (χ0) is 33.6. The summed E-state index contributed by atoms with van der Waals surface area (Å²) in [5.41, 5.74) is 0.345. The number of para-hydroxylation sites is 1. The van der Waals surface area contributed by atoms with Crippen LogP contribution in [0, 0.1) is 11.7 Å². The molecule has 3 amide bonds. The molecule has 6 rings (SSSR count). The first-order chi connectivity index (χ1) is 22.4. The highest BCUT2D eigenvalue weighted by Crippen LogP contribution is 2.54. The van der Waals surface area contributed by atoms with Gasteiger partial charge in [-0.25, -0.2) is 9.29 Å². The van der Waals surface area contributed by atoms with E-state index in [0.717, 1.165) is 75.6 Å². The molecule has 8 nitrogen and oxygen atoms in total. The lowest BCUT2D eigenvalue weighted by Crippen LogP contribution is -2.33. The number of thiazole rings is 1. The summed E-state index contributed by atoms with van der Waals surface area (Å²) in [6, 6.07) is 17.0. The molecular weight excluding hydrogens is 657 g/mol. The number of rotatable bonds is 8. The van der Waals surface area contributed by atoms with E-state index < -0.39 is 69.5 Å². The van der Waals surface area contributed by atoms with E-state index in [9.17, 15) is 36.7 Å². The molecule has 2 aliphatic heterocycles. The predicted octanol–water partition coefficient (Wildman–Crippen LogP) is 6.35. The Balaban J connectivity index is 1.40. The van der Waals surface area contributed by atoms with Crippen LogP contribution in [-0.2, 0) is 27.1 Å². The molecule has 0 aliphatic carbocycles. The highest BCUT2D eigenvalue weighted by molar-refractivity contribution is 8.00. The number of carbonyl (C=O) groups is 3. The summed E-state index contributed by atoms with van der Waals surface area (Å²) in [6.45, 7) is 4.97. The lowest BCUT2D eigenvalue weighted by atomic mass is 9.83. The van der Waals surface area contributed by atoms with E-state index in [0.29, 0.717) is 15.5 Å². The van der Waals surface area contributed by atoms with E-state index in [1.54, 1.807) is 0 Å². The number of hydrogen-bond acceptors (Lipinski definition) is 7. The summed E-state index contributed by atoms with van der Waals surface area (Å²) >= 11 is 1.81. The quantitative estimate of drug-likeness (QED) is 0.172. The van der Waals surface area contributed by atoms with E-state index in [2.05, 4.69) is 10.2 Å². The number of halogens is 4. The van der Waals surface area contributed by atoms with Crippen molar-refractivity contribution >= 4 is 57.9 Å². The van der Waals surface area contributed by atoms with Crippen LogP contribution >= 0.6 is 23.1 Å². The van der Waals surface area contributed by atoms with Gasteiger partial charge in [0, 0.05) is 29.6 Å². The Kier molecular flexibility index (Phi) is 8.74. The van der Waals surface area contributed by atoms with Gasteiger partial charge in [0.05, 0.1) is 27.9 Å². The highest BCUT2D eigenvalue weighted by atomic mass is 32.2. The number of fused-ring (bicyclic) bond motifs is 2. The molecule has 1 N–H and O–H groups in total. The second-order valence-electron chi connectivity index (χ2n) is 11.0. The van der Waals surface area contributed by atoms with E-state index in [-0.39, 0.29) is 5.69 Å². The first kappa shape index (κ1) is 32.5. The van der Waals surface area contributed by atoms with Crippen molar-refractivity contribution in [2.75, 3.05) is 28.2 Å². The number of alkyl halides is 3. The fraction of sp³-hybridized carbons (Fsp3) is 0.273. The lowest BCUT2D eigenvalue weighted by molar-refractivity contribution is -0.137. The number of aromatic nitrogens is 1. The Morgan fingerprint density at radius 1 is 0.915 bits per heavy atom. The molecule has 0 bridgehead atoms. The first-order valence-corrected chi connectivity index (χ1v) is 16.5. The molecule has 3 atom stereocenters. The van der Waals surface area contributed by atoms with Gasteiger partial charge in [0.1, 0.15) is 17.6 Å². The van der Waals surface area contributed by atoms with Gasteiger partial charge in [0.2, 0.25) is 17.7 Å². The number of thioether (sulfide) groups is 1. The van der Waals surface area contributed by atoms with E-state index in [1.807, 2.05) is 38.1 Å². The van der Waals surface area contributed by atoms with Gasteiger partial charge in [-0.1, -0.05) is 47.4 Å². The second-order valence-corrected chi connectivity index (χ2v) is 13.1. The van der Waals surface area contributed by atoms with Crippen LogP contribution < -0.4 is 20.0 Å². The van der Waals surface area contributed by atoms with Crippen molar-refractivity contribution in [1.82, 2.24) is 4.57 Å². The van der Waals surface area contributed by atoms with Crippen LogP contribution in [0.25, 0.3) is 0 Å². The van der Waals surface area contributed by atoms with Gasteiger partial charge >= 0.3 is 11.0 Å². The van der Waals surface area contributed by atoms with Gasteiger partial charge in [-0.3, -0.25) is 23.7 Å². The molecule has 3 heterocycles. The minimum atomic E-state index is -4.72. The summed E-state index contributed by atoms with van der Waals surface area (Å²) < 4.78 is 55.5. The number of amides is 3. The van der Waals surface area contributed by atoms with Crippen molar-refractivity contribution < 1.29 is 31.9 Å². The van der Waals surface area contributed by atoms with Gasteiger partial charge < -0.3 is 10.2 Å². The molecule has 0 saturated carbocycles. The third-order valence-electron chi connectivity index (χ3n) is 8.32. The molecule has 1 saturated heterocycles. The molecule has 1 aromatic heterocycles. The Morgan fingerprint density at radius 2 is 1.57 bits per heavy atom. The molecule has 4 aromatic rings. The standard InChI is InChI=1S/C33H28F4N4O4S2/c1-3-39(4-2)20-13-9-18(10-14-20)25-26-27(30(44)41(29(26)43)21-15-11-19(34)12-16-21)46-31-28(25)47-32(45)40(31)17-24(42)38-23-8-6-5-7-22(23)33(35,36)37/h5-16,25-27H,3-4,17H2,1-2H3,(H,38,42)/t25-,26-,27+/m0/s1. The van der Waals surface area contributed by atoms with Gasteiger partial charge in [-0.2, -0.15) is 13.2 Å². The summed E-state index contributed by atoms with van der Waals surface area (Å²) in [5.74, 6) is -4.11. The van der Waals surface area contributed by atoms with E-state index in [4.69, 9.17) is 0 Å². The summed E-state index contributed by atoms with van der Waals surface area (Å²) in [6.07, 6.45) is -4.72. The number of anilines is 3. The molecule has 0 radical (unpaired) electrons. The highest BCUT2D eigenvalue weighted by Gasteiger charge is 2.56. The molecular formula is C33H28F4N4O4S2. The number of nitrogens with one attached hydrogen (secondary N) is 1. The van der Waals surface area contributed by atoms with Crippen LogP contribution in [0.4, 0.5) is 34.6 Å². The van der Waals surface area contributed by atoms with Crippen molar-refractivity contribution in [1.29, 1.82) is 0 Å². The molecule has 14 heteroatoms. The number of carbonyl (C=O) groups excluding carboxylic acids is 3. The SMILES string of the molecule is CCN(CC)c1ccc([C@@H]2c3sc(=O)n(CC(=O)Nc4ccccc4C(F)(F)F)c3S[C@H]3C(=O)N(c4ccc(F)cc4)C(=O)[C@@H]23)cc1. The topological polar surface area (TPSA) is 91.7 Å². The number of nitrogens with zero attached hydrogens (tertiary/aromatic N) is 3. The average Bonchev–Trinajstić information content (AvgIpc) is 3.48. The van der Waals surface area contributed by atoms with Crippen LogP contribution in [-0.4, -0.2) is 40.6 Å². The summed E-state index contributed by atoms with van der Waals surface area (Å²) in [4.78, 5) is 57.5. The number of hydrogen-bond donors (Lipinski definition) is 1. The van der Waals surface area contributed by atoms with Crippen LogP contribution in [0.3, 0.4) is 0 Å². The number of imide groups is 1. The van der Waals surface area contributed by atoms with Crippen LogP contribution in [0.2, 0.25) is 0 Å². The molecule has 0 unspecified atom stereocenters. The molecule has 244 valence electrons. The Hall–Kier alpha value is -4.43. The van der Waals surface area contributed by atoms with Crippen LogP contribution in [0.15, 0.2) is 82.6 Å². The van der Waals surface area contributed by atoms with Crippen molar-refractivity contribution in [2.45, 2.75) is 42.8 Å². The van der Waals surface area contributed by atoms with Crippen molar-refractivity contribution in [3.8, 4) is 0 Å². The number of benzene rings is 3. The van der Waals surface area contributed by atoms with Crippen LogP contribution in [0.1, 0.15) is 35.8 Å². The van der Waals surface area contributed by atoms with E-state index in [1.165, 1.54) is 24.3 Å². The van der Waals surface area contributed by atoms with E-state index >= 15 is 0 Å². The Labute approximate surface area is 275 Å². The summed E-state index contributed by atoms with van der Waals surface area (Å²) in [7, 11) is 0. The second kappa shape index (κ2) is 12.6. The normalized spacial score (nSPS) is 19.0. The maximum atomic E-state index is 14.0. The first-order valence-electron chi connectivity index (χ1n) is 14.8. The van der Waals surface area contributed by atoms with Gasteiger partial charge in [0.15, 0.2) is 0 Å². The molecule has 2 aliphatic rings. The van der Waals surface area contributed by atoms with Gasteiger partial charge in [0.25, 0.3) is 0 Å².